The zero-order valence-electron chi connectivity index (χ0n) is 13.3. The maximum absolute atomic E-state index is 10.6. The Morgan fingerprint density at radius 2 is 2.26 bits per heavy atom. The van der Waals surface area contributed by atoms with E-state index in [0.717, 1.165) is 29.7 Å². The Bertz CT molecular complexity index is 840. The van der Waals surface area contributed by atoms with E-state index in [1.165, 1.54) is 10.3 Å². The van der Waals surface area contributed by atoms with Crippen molar-refractivity contribution in [1.82, 2.24) is 19.7 Å². The Balaban J connectivity index is 1.59. The van der Waals surface area contributed by atoms with Crippen molar-refractivity contribution in [3.05, 3.63) is 46.7 Å². The van der Waals surface area contributed by atoms with Crippen molar-refractivity contribution < 1.29 is 5.11 Å². The van der Waals surface area contributed by atoms with E-state index < -0.39 is 6.10 Å². The smallest absolute Gasteiger partial charge is 0.0950 e. The van der Waals surface area contributed by atoms with Gasteiger partial charge in [-0.1, -0.05) is 6.07 Å². The minimum absolute atomic E-state index is 0.244. The summed E-state index contributed by atoms with van der Waals surface area (Å²) in [5.74, 6) is 0. The van der Waals surface area contributed by atoms with Crippen molar-refractivity contribution in [3.63, 3.8) is 0 Å². The number of benzene rings is 1. The van der Waals surface area contributed by atoms with Crippen molar-refractivity contribution in [2.75, 3.05) is 13.1 Å². The molecule has 0 spiro atoms. The first-order chi connectivity index (χ1) is 11.1. The van der Waals surface area contributed by atoms with E-state index in [-0.39, 0.29) is 6.04 Å². The molecule has 23 heavy (non-hydrogen) atoms. The predicted octanol–water partition coefficient (Wildman–Crippen LogP) is 2.68. The van der Waals surface area contributed by atoms with Crippen LogP contribution in [0.5, 0.6) is 0 Å². The second-order valence-electron chi connectivity index (χ2n) is 6.22. The Morgan fingerprint density at radius 3 is 3.13 bits per heavy atom. The molecule has 0 saturated heterocycles. The highest BCUT2D eigenvalue weighted by Gasteiger charge is 2.27. The van der Waals surface area contributed by atoms with Crippen LogP contribution in [0.25, 0.3) is 10.2 Å². The number of aliphatic hydroxyl groups excluding tert-OH is 1. The normalized spacial score (nSPS) is 20.4. The lowest BCUT2D eigenvalue weighted by atomic mass is 10.1. The number of rotatable bonds is 2. The Kier molecular flexibility index (Phi) is 3.67. The van der Waals surface area contributed by atoms with Gasteiger partial charge in [0.1, 0.15) is 0 Å². The Labute approximate surface area is 139 Å². The molecule has 0 fully saturated rings. The number of hydrogen-bond acceptors (Lipinski definition) is 5. The molecular formula is C17H20N4OS. The van der Waals surface area contributed by atoms with E-state index in [2.05, 4.69) is 40.1 Å². The van der Waals surface area contributed by atoms with Gasteiger partial charge in [-0.3, -0.25) is 9.58 Å². The zero-order chi connectivity index (χ0) is 16.0. The van der Waals surface area contributed by atoms with Crippen LogP contribution in [0.3, 0.4) is 0 Å². The molecule has 0 bridgehead atoms. The predicted molar refractivity (Wildman–Crippen MR) is 91.5 cm³/mol. The molecule has 2 unspecified atom stereocenters. The van der Waals surface area contributed by atoms with Crippen molar-refractivity contribution >= 4 is 21.6 Å². The third-order valence-electron chi connectivity index (χ3n) is 4.72. The van der Waals surface area contributed by atoms with Crippen LogP contribution in [0.15, 0.2) is 29.9 Å². The van der Waals surface area contributed by atoms with Crippen LogP contribution in [0.4, 0.5) is 0 Å². The molecule has 6 heteroatoms. The summed E-state index contributed by atoms with van der Waals surface area (Å²) in [6, 6.07) is 6.73. The van der Waals surface area contributed by atoms with Crippen LogP contribution in [0.2, 0.25) is 0 Å². The van der Waals surface area contributed by atoms with Crippen molar-refractivity contribution in [2.45, 2.75) is 25.5 Å². The van der Waals surface area contributed by atoms with Gasteiger partial charge in [0, 0.05) is 44.4 Å². The van der Waals surface area contributed by atoms with Gasteiger partial charge in [0.2, 0.25) is 0 Å². The first-order valence-corrected chi connectivity index (χ1v) is 8.77. The fraction of sp³-hybridized carbons (Fsp3) is 0.412. The number of fused-ring (bicyclic) bond motifs is 2. The molecule has 1 aliphatic heterocycles. The van der Waals surface area contributed by atoms with E-state index in [1.54, 1.807) is 16.0 Å². The summed E-state index contributed by atoms with van der Waals surface area (Å²) in [5, 5.41) is 15.0. The Morgan fingerprint density at radius 1 is 1.39 bits per heavy atom. The minimum atomic E-state index is -0.480. The number of aliphatic hydroxyl groups is 1. The fourth-order valence-corrected chi connectivity index (χ4v) is 4.04. The molecular weight excluding hydrogens is 308 g/mol. The third kappa shape index (κ3) is 2.67. The maximum Gasteiger partial charge on any atom is 0.0950 e. The highest BCUT2D eigenvalue weighted by atomic mass is 32.1. The average Bonchev–Trinajstić information content (AvgIpc) is 3.12. The molecule has 1 aromatic carbocycles. The lowest BCUT2D eigenvalue weighted by Gasteiger charge is -2.29. The molecule has 0 radical (unpaired) electrons. The zero-order valence-corrected chi connectivity index (χ0v) is 14.1. The van der Waals surface area contributed by atoms with E-state index in [4.69, 9.17) is 0 Å². The summed E-state index contributed by atoms with van der Waals surface area (Å²) in [6.45, 7) is 3.73. The van der Waals surface area contributed by atoms with Gasteiger partial charge < -0.3 is 5.11 Å². The number of aryl methyl sites for hydroxylation is 1. The van der Waals surface area contributed by atoms with Gasteiger partial charge in [0.05, 0.1) is 27.5 Å². The average molecular weight is 328 g/mol. The summed E-state index contributed by atoms with van der Waals surface area (Å²) in [4.78, 5) is 6.75. The number of aromatic nitrogens is 3. The van der Waals surface area contributed by atoms with Crippen molar-refractivity contribution in [1.29, 1.82) is 0 Å². The fourth-order valence-electron chi connectivity index (χ4n) is 3.38. The number of β-amino-alcohol motifs (C(OH)–C–C–N with tert-alkyl or cyclic N) is 1. The van der Waals surface area contributed by atoms with Crippen LogP contribution in [0, 0.1) is 0 Å². The first kappa shape index (κ1) is 14.8. The van der Waals surface area contributed by atoms with Gasteiger partial charge in [-0.15, -0.1) is 11.3 Å². The van der Waals surface area contributed by atoms with Crippen LogP contribution in [-0.2, 0) is 13.5 Å². The molecule has 1 N–H and O–H groups in total. The summed E-state index contributed by atoms with van der Waals surface area (Å²) in [6.07, 6.45) is 2.33. The van der Waals surface area contributed by atoms with Gasteiger partial charge in [-0.25, -0.2) is 4.98 Å². The molecule has 4 rings (SSSR count). The van der Waals surface area contributed by atoms with Crippen LogP contribution in [0.1, 0.15) is 35.9 Å². The molecule has 120 valence electrons. The summed E-state index contributed by atoms with van der Waals surface area (Å²) < 4.78 is 3.01. The molecule has 2 aromatic heterocycles. The molecule has 3 aromatic rings. The molecule has 1 aliphatic rings. The SMILES string of the molecule is CC(c1ccc2scnc2c1)N1CCc2nn(C)cc2C(O)C1. The number of thiazole rings is 1. The van der Waals surface area contributed by atoms with Crippen LogP contribution >= 0.6 is 11.3 Å². The lowest BCUT2D eigenvalue weighted by molar-refractivity contribution is 0.0982. The highest BCUT2D eigenvalue weighted by Crippen LogP contribution is 2.30. The minimum Gasteiger partial charge on any atom is -0.387 e. The summed E-state index contributed by atoms with van der Waals surface area (Å²) >= 11 is 1.67. The number of nitrogens with zero attached hydrogens (tertiary/aromatic N) is 4. The summed E-state index contributed by atoms with van der Waals surface area (Å²) in [5.41, 5.74) is 6.18. The van der Waals surface area contributed by atoms with Crippen LogP contribution < -0.4 is 0 Å². The van der Waals surface area contributed by atoms with Gasteiger partial charge in [-0.05, 0) is 24.6 Å². The molecule has 5 nitrogen and oxygen atoms in total. The monoisotopic (exact) mass is 328 g/mol. The van der Waals surface area contributed by atoms with Gasteiger partial charge in [0.15, 0.2) is 0 Å². The van der Waals surface area contributed by atoms with E-state index in [0.29, 0.717) is 6.54 Å². The summed E-state index contributed by atoms with van der Waals surface area (Å²) in [7, 11) is 1.91. The highest BCUT2D eigenvalue weighted by molar-refractivity contribution is 7.16. The molecule has 0 saturated carbocycles. The van der Waals surface area contributed by atoms with E-state index in [9.17, 15) is 5.11 Å². The van der Waals surface area contributed by atoms with Crippen molar-refractivity contribution in [2.24, 2.45) is 7.05 Å². The van der Waals surface area contributed by atoms with E-state index in [1.807, 2.05) is 18.8 Å². The van der Waals surface area contributed by atoms with Crippen LogP contribution in [-0.4, -0.2) is 37.9 Å². The molecule has 0 aliphatic carbocycles. The topological polar surface area (TPSA) is 54.2 Å². The van der Waals surface area contributed by atoms with E-state index >= 15 is 0 Å². The molecule has 0 amide bonds. The molecule has 3 heterocycles. The Hall–Kier alpha value is -1.76. The third-order valence-corrected chi connectivity index (χ3v) is 5.53. The first-order valence-electron chi connectivity index (χ1n) is 7.89. The lowest BCUT2D eigenvalue weighted by Crippen LogP contribution is -2.31. The van der Waals surface area contributed by atoms with Crippen molar-refractivity contribution in [3.8, 4) is 0 Å². The van der Waals surface area contributed by atoms with Gasteiger partial charge in [0.25, 0.3) is 0 Å². The number of hydrogen-bond donors (Lipinski definition) is 1. The van der Waals surface area contributed by atoms with Gasteiger partial charge in [-0.2, -0.15) is 5.10 Å². The second-order valence-corrected chi connectivity index (χ2v) is 7.11. The quantitative estimate of drug-likeness (QED) is 0.786. The largest absolute Gasteiger partial charge is 0.387 e. The maximum atomic E-state index is 10.6. The second kappa shape index (κ2) is 5.70. The molecule has 2 atom stereocenters. The van der Waals surface area contributed by atoms with Gasteiger partial charge >= 0.3 is 0 Å². The standard InChI is InChI=1S/C17H20N4OS/c1-11(12-3-4-17-15(7-12)18-10-23-17)21-6-5-14-13(16(22)9-21)8-20(2)19-14/h3-4,7-8,10-11,16,22H,5-6,9H2,1-2H3.